The predicted molar refractivity (Wildman–Crippen MR) is 55.6 cm³/mol. The van der Waals surface area contributed by atoms with Crippen molar-refractivity contribution in [1.82, 2.24) is 14.9 Å². The maximum atomic E-state index is 5.26. The molecule has 80 valence electrons. The lowest BCUT2D eigenvalue weighted by molar-refractivity contribution is 0.174. The summed E-state index contributed by atoms with van der Waals surface area (Å²) in [5.74, 6) is 1.50. The number of ether oxygens (including phenoxy) is 2. The van der Waals surface area contributed by atoms with Crippen molar-refractivity contribution in [3.63, 3.8) is 0 Å². The van der Waals surface area contributed by atoms with E-state index in [9.17, 15) is 0 Å². The Morgan fingerprint density at radius 2 is 2.25 bits per heavy atom. The molecule has 0 atom stereocenters. The van der Waals surface area contributed by atoms with E-state index < -0.39 is 0 Å². The van der Waals surface area contributed by atoms with Gasteiger partial charge in [-0.1, -0.05) is 0 Å². The third kappa shape index (κ3) is 1.60. The standard InChI is InChI=1S/C10H8N4O2/c1-2-9-10(16-7-15-9)3-8(1)4-12-14-6-11-5-13-14/h1-6H,7H2. The molecule has 1 aromatic heterocycles. The maximum absolute atomic E-state index is 5.26. The summed E-state index contributed by atoms with van der Waals surface area (Å²) >= 11 is 0. The molecule has 1 aliphatic heterocycles. The molecule has 6 heteroatoms. The Morgan fingerprint density at radius 3 is 3.12 bits per heavy atom. The van der Waals surface area contributed by atoms with Gasteiger partial charge in [0.25, 0.3) is 0 Å². The van der Waals surface area contributed by atoms with Crippen LogP contribution in [0.25, 0.3) is 0 Å². The summed E-state index contributed by atoms with van der Waals surface area (Å²) in [4.78, 5) is 5.17. The van der Waals surface area contributed by atoms with Crippen molar-refractivity contribution in [3.05, 3.63) is 36.4 Å². The van der Waals surface area contributed by atoms with Crippen molar-refractivity contribution >= 4 is 6.21 Å². The molecule has 0 N–H and O–H groups in total. The Kier molecular flexibility index (Phi) is 2.03. The average molecular weight is 216 g/mol. The summed E-state index contributed by atoms with van der Waals surface area (Å²) in [6.07, 6.45) is 4.62. The van der Waals surface area contributed by atoms with E-state index in [1.54, 1.807) is 6.21 Å². The minimum absolute atomic E-state index is 0.277. The largest absolute Gasteiger partial charge is 0.454 e. The van der Waals surface area contributed by atoms with Gasteiger partial charge in [0.2, 0.25) is 6.79 Å². The highest BCUT2D eigenvalue weighted by atomic mass is 16.7. The second-order valence-electron chi connectivity index (χ2n) is 3.17. The molecule has 3 rings (SSSR count). The summed E-state index contributed by atoms with van der Waals surface area (Å²) in [6, 6.07) is 5.61. The van der Waals surface area contributed by atoms with Crippen molar-refractivity contribution in [2.45, 2.75) is 0 Å². The van der Waals surface area contributed by atoms with E-state index >= 15 is 0 Å². The van der Waals surface area contributed by atoms with Crippen LogP contribution in [0.3, 0.4) is 0 Å². The van der Waals surface area contributed by atoms with E-state index in [1.807, 2.05) is 18.2 Å². The maximum Gasteiger partial charge on any atom is 0.231 e. The molecule has 0 amide bonds. The Labute approximate surface area is 91.1 Å². The lowest BCUT2D eigenvalue weighted by Crippen LogP contribution is -1.93. The Balaban J connectivity index is 1.85. The van der Waals surface area contributed by atoms with E-state index in [1.165, 1.54) is 17.4 Å². The lowest BCUT2D eigenvalue weighted by Gasteiger charge is -1.96. The van der Waals surface area contributed by atoms with Crippen LogP contribution in [-0.2, 0) is 0 Å². The predicted octanol–water partition coefficient (Wildman–Crippen LogP) is 0.889. The summed E-state index contributed by atoms with van der Waals surface area (Å²) in [6.45, 7) is 0.277. The van der Waals surface area contributed by atoms with Crippen molar-refractivity contribution in [1.29, 1.82) is 0 Å². The average Bonchev–Trinajstić information content (AvgIpc) is 2.97. The molecule has 0 saturated heterocycles. The van der Waals surface area contributed by atoms with E-state index in [0.29, 0.717) is 0 Å². The Hall–Kier alpha value is -2.37. The quantitative estimate of drug-likeness (QED) is 0.699. The number of hydrogen-bond donors (Lipinski definition) is 0. The van der Waals surface area contributed by atoms with Gasteiger partial charge in [-0.05, 0) is 23.8 Å². The van der Waals surface area contributed by atoms with E-state index in [4.69, 9.17) is 9.47 Å². The van der Waals surface area contributed by atoms with Gasteiger partial charge in [0.05, 0.1) is 6.21 Å². The van der Waals surface area contributed by atoms with Gasteiger partial charge in [-0.15, -0.1) is 9.89 Å². The molecule has 0 spiro atoms. The third-order valence-corrected chi connectivity index (χ3v) is 2.13. The zero-order valence-electron chi connectivity index (χ0n) is 8.28. The summed E-state index contributed by atoms with van der Waals surface area (Å²) in [7, 11) is 0. The van der Waals surface area contributed by atoms with E-state index in [-0.39, 0.29) is 6.79 Å². The second kappa shape index (κ2) is 3.65. The van der Waals surface area contributed by atoms with Crippen LogP contribution >= 0.6 is 0 Å². The van der Waals surface area contributed by atoms with Crippen LogP contribution in [0, 0.1) is 0 Å². The fourth-order valence-corrected chi connectivity index (χ4v) is 1.38. The van der Waals surface area contributed by atoms with Crippen LogP contribution in [0.15, 0.2) is 36.0 Å². The highest BCUT2D eigenvalue weighted by Gasteiger charge is 2.12. The van der Waals surface area contributed by atoms with Crippen LogP contribution in [0.4, 0.5) is 0 Å². The van der Waals surface area contributed by atoms with Gasteiger partial charge in [-0.3, -0.25) is 0 Å². The van der Waals surface area contributed by atoms with Gasteiger partial charge in [0.1, 0.15) is 12.7 Å². The van der Waals surface area contributed by atoms with Crippen LogP contribution < -0.4 is 9.47 Å². The number of hydrogen-bond acceptors (Lipinski definition) is 5. The minimum atomic E-state index is 0.277. The number of aromatic nitrogens is 3. The van der Waals surface area contributed by atoms with Crippen LogP contribution in [0.2, 0.25) is 0 Å². The van der Waals surface area contributed by atoms with Crippen LogP contribution in [-0.4, -0.2) is 27.9 Å². The smallest absolute Gasteiger partial charge is 0.231 e. The van der Waals surface area contributed by atoms with Gasteiger partial charge >= 0.3 is 0 Å². The molecule has 0 bridgehead atoms. The normalized spacial score (nSPS) is 13.5. The number of benzene rings is 1. The minimum Gasteiger partial charge on any atom is -0.454 e. The SMILES string of the molecule is C(=Nn1cncn1)c1ccc2c(c1)OCO2. The topological polar surface area (TPSA) is 61.5 Å². The monoisotopic (exact) mass is 216 g/mol. The summed E-state index contributed by atoms with van der Waals surface area (Å²) in [5.41, 5.74) is 0.916. The molecule has 0 aliphatic carbocycles. The van der Waals surface area contributed by atoms with Crippen LogP contribution in [0.1, 0.15) is 5.56 Å². The highest BCUT2D eigenvalue weighted by molar-refractivity contribution is 5.80. The van der Waals surface area contributed by atoms with Gasteiger partial charge < -0.3 is 9.47 Å². The van der Waals surface area contributed by atoms with Crippen molar-refractivity contribution in [2.24, 2.45) is 5.10 Å². The zero-order chi connectivity index (χ0) is 10.8. The molecule has 2 heterocycles. The molecule has 0 unspecified atom stereocenters. The van der Waals surface area contributed by atoms with Gasteiger partial charge in [0, 0.05) is 0 Å². The fourth-order valence-electron chi connectivity index (χ4n) is 1.38. The molecule has 1 aromatic carbocycles. The Morgan fingerprint density at radius 1 is 1.31 bits per heavy atom. The summed E-state index contributed by atoms with van der Waals surface area (Å²) < 4.78 is 10.5. The zero-order valence-corrected chi connectivity index (χ0v) is 8.28. The van der Waals surface area contributed by atoms with Gasteiger partial charge in [-0.25, -0.2) is 4.98 Å². The van der Waals surface area contributed by atoms with Crippen molar-refractivity contribution in [2.75, 3.05) is 6.79 Å². The number of fused-ring (bicyclic) bond motifs is 1. The third-order valence-electron chi connectivity index (χ3n) is 2.13. The molecular weight excluding hydrogens is 208 g/mol. The molecule has 1 aliphatic rings. The first-order valence-corrected chi connectivity index (χ1v) is 4.70. The first-order valence-electron chi connectivity index (χ1n) is 4.70. The molecule has 0 fully saturated rings. The first kappa shape index (κ1) is 8.90. The molecule has 0 saturated carbocycles. The molecular formula is C10H8N4O2. The number of nitrogens with zero attached hydrogens (tertiary/aromatic N) is 4. The first-order chi connectivity index (χ1) is 7.92. The Bertz CT molecular complexity index is 522. The molecule has 0 radical (unpaired) electrons. The summed E-state index contributed by atoms with van der Waals surface area (Å²) in [5, 5.41) is 7.94. The second-order valence-corrected chi connectivity index (χ2v) is 3.17. The van der Waals surface area contributed by atoms with Crippen molar-refractivity contribution in [3.8, 4) is 11.5 Å². The fraction of sp³-hybridized carbons (Fsp3) is 0.100. The number of rotatable bonds is 2. The van der Waals surface area contributed by atoms with E-state index in [0.717, 1.165) is 17.1 Å². The molecule has 2 aromatic rings. The lowest BCUT2D eigenvalue weighted by atomic mass is 10.2. The van der Waals surface area contributed by atoms with Gasteiger partial charge in [0.15, 0.2) is 11.5 Å². The highest BCUT2D eigenvalue weighted by Crippen LogP contribution is 2.31. The molecule has 16 heavy (non-hydrogen) atoms. The van der Waals surface area contributed by atoms with Crippen molar-refractivity contribution < 1.29 is 9.47 Å². The van der Waals surface area contributed by atoms with Gasteiger partial charge in [-0.2, -0.15) is 5.10 Å². The molecule has 6 nitrogen and oxygen atoms in total. The van der Waals surface area contributed by atoms with Crippen LogP contribution in [0.5, 0.6) is 11.5 Å². The van der Waals surface area contributed by atoms with E-state index in [2.05, 4.69) is 15.2 Å².